The fraction of sp³-hybridized carbons (Fsp3) is 0.250. The normalized spacial score (nSPS) is 11.4. The maximum Gasteiger partial charge on any atom is 0.436 e. The summed E-state index contributed by atoms with van der Waals surface area (Å²) in [6.07, 6.45) is -3.03. The molecule has 2 aromatic heterocycles. The molecule has 0 saturated heterocycles. The number of ether oxygens (including phenoxy) is 1. The molecule has 0 unspecified atom stereocenters. The molecule has 0 amide bonds. The Hall–Kier alpha value is -2.58. The monoisotopic (exact) mass is 302 g/mol. The predicted octanol–water partition coefficient (Wildman–Crippen LogP) is 2.36. The molecule has 2 rings (SSSR count). The first-order valence-corrected chi connectivity index (χ1v) is 5.76. The van der Waals surface area contributed by atoms with E-state index in [1.165, 1.54) is 25.3 Å². The highest BCUT2D eigenvalue weighted by atomic mass is 19.4. The van der Waals surface area contributed by atoms with Gasteiger partial charge in [-0.1, -0.05) is 0 Å². The van der Waals surface area contributed by atoms with Crippen LogP contribution in [0.2, 0.25) is 0 Å². The molecule has 0 saturated carbocycles. The van der Waals surface area contributed by atoms with Gasteiger partial charge in [-0.15, -0.1) is 0 Å². The second kappa shape index (κ2) is 5.43. The smallest absolute Gasteiger partial charge is 0.436 e. The molecule has 0 aliphatic carbocycles. The van der Waals surface area contributed by atoms with E-state index in [1.54, 1.807) is 0 Å². The van der Waals surface area contributed by atoms with E-state index in [-0.39, 0.29) is 12.4 Å². The highest BCUT2D eigenvalue weighted by Crippen LogP contribution is 2.31. The molecule has 6 nitrogen and oxygen atoms in total. The second-order valence-electron chi connectivity index (χ2n) is 3.84. The highest BCUT2D eigenvalue weighted by molar-refractivity contribution is 5.95. The Balaban J connectivity index is 2.46. The molecule has 0 aliphatic heterocycles. The number of furan rings is 1. The summed E-state index contributed by atoms with van der Waals surface area (Å²) in [6, 6.07) is 2.66. The van der Waals surface area contributed by atoms with Crippen molar-refractivity contribution in [3.8, 4) is 0 Å². The molecular formula is C12H9F3N2O4. The number of carbonyl (C=O) groups is 2. The highest BCUT2D eigenvalue weighted by Gasteiger charge is 2.40. The lowest BCUT2D eigenvalue weighted by Gasteiger charge is -2.04. The Labute approximate surface area is 116 Å². The molecule has 112 valence electrons. The van der Waals surface area contributed by atoms with Gasteiger partial charge in [0.2, 0.25) is 0 Å². The van der Waals surface area contributed by atoms with Crippen LogP contribution >= 0.6 is 0 Å². The first-order chi connectivity index (χ1) is 9.84. The van der Waals surface area contributed by atoms with Crippen LogP contribution in [0, 0.1) is 0 Å². The van der Waals surface area contributed by atoms with E-state index in [0.717, 1.165) is 0 Å². The third-order valence-electron chi connectivity index (χ3n) is 2.42. The minimum atomic E-state index is -4.89. The largest absolute Gasteiger partial charge is 0.462 e. The summed E-state index contributed by atoms with van der Waals surface area (Å²) in [5.41, 5.74) is -2.31. The van der Waals surface area contributed by atoms with Crippen molar-refractivity contribution in [2.75, 3.05) is 6.61 Å². The van der Waals surface area contributed by atoms with Crippen molar-refractivity contribution >= 4 is 11.9 Å². The first kappa shape index (κ1) is 14.8. The number of hydrogen-bond donors (Lipinski definition) is 0. The lowest BCUT2D eigenvalue weighted by molar-refractivity contribution is -0.141. The molecule has 0 N–H and O–H groups in total. The maximum atomic E-state index is 12.8. The van der Waals surface area contributed by atoms with Crippen molar-refractivity contribution in [3.05, 3.63) is 41.6 Å². The molecule has 0 radical (unpaired) electrons. The number of nitrogens with zero attached hydrogens (tertiary/aromatic N) is 2. The number of hydrogen-bond acceptors (Lipinski definition) is 5. The van der Waals surface area contributed by atoms with E-state index < -0.39 is 29.3 Å². The van der Waals surface area contributed by atoms with Gasteiger partial charge in [0.25, 0.3) is 0 Å². The second-order valence-corrected chi connectivity index (χ2v) is 3.84. The summed E-state index contributed by atoms with van der Waals surface area (Å²) < 4.78 is 48.3. The summed E-state index contributed by atoms with van der Waals surface area (Å²) in [5.74, 6) is -2.34. The van der Waals surface area contributed by atoms with E-state index in [4.69, 9.17) is 4.42 Å². The Morgan fingerprint density at radius 2 is 2.14 bits per heavy atom. The van der Waals surface area contributed by atoms with E-state index in [1.807, 2.05) is 0 Å². The standard InChI is InChI=1S/C12H9F3N2O4/c1-2-20-11(19)7-6-17(16-9(7)12(13,14)15)10(18)8-4-3-5-21-8/h3-6H,2H2,1H3. The van der Waals surface area contributed by atoms with Crippen LogP contribution in [0.25, 0.3) is 0 Å². The van der Waals surface area contributed by atoms with Crippen LogP contribution in [0.5, 0.6) is 0 Å². The predicted molar refractivity (Wildman–Crippen MR) is 61.6 cm³/mol. The van der Waals surface area contributed by atoms with Gasteiger partial charge in [0.15, 0.2) is 11.5 Å². The van der Waals surface area contributed by atoms with Gasteiger partial charge in [0.1, 0.15) is 5.56 Å². The molecule has 0 aliphatic rings. The van der Waals surface area contributed by atoms with Gasteiger partial charge in [-0.05, 0) is 19.1 Å². The summed E-state index contributed by atoms with van der Waals surface area (Å²) >= 11 is 0. The lowest BCUT2D eigenvalue weighted by atomic mass is 10.2. The average Bonchev–Trinajstić information content (AvgIpc) is 3.07. The van der Waals surface area contributed by atoms with Gasteiger partial charge >= 0.3 is 18.1 Å². The summed E-state index contributed by atoms with van der Waals surface area (Å²) in [6.45, 7) is 1.34. The summed E-state index contributed by atoms with van der Waals surface area (Å²) in [7, 11) is 0. The molecular weight excluding hydrogens is 293 g/mol. The molecule has 0 bridgehead atoms. The first-order valence-electron chi connectivity index (χ1n) is 5.76. The Morgan fingerprint density at radius 3 is 2.67 bits per heavy atom. The van der Waals surface area contributed by atoms with Crippen LogP contribution in [-0.4, -0.2) is 28.3 Å². The molecule has 0 atom stereocenters. The van der Waals surface area contributed by atoms with Gasteiger partial charge in [-0.2, -0.15) is 23.0 Å². The zero-order valence-corrected chi connectivity index (χ0v) is 10.7. The number of esters is 1. The zero-order chi connectivity index (χ0) is 15.6. The fourth-order valence-corrected chi connectivity index (χ4v) is 1.56. The van der Waals surface area contributed by atoms with Crippen LogP contribution in [0.3, 0.4) is 0 Å². The molecule has 0 spiro atoms. The van der Waals surface area contributed by atoms with E-state index >= 15 is 0 Å². The van der Waals surface area contributed by atoms with E-state index in [2.05, 4.69) is 9.84 Å². The molecule has 2 heterocycles. The third-order valence-corrected chi connectivity index (χ3v) is 2.42. The minimum absolute atomic E-state index is 0.104. The topological polar surface area (TPSA) is 74.3 Å². The van der Waals surface area contributed by atoms with Crippen LogP contribution in [-0.2, 0) is 10.9 Å². The molecule has 9 heteroatoms. The van der Waals surface area contributed by atoms with Gasteiger partial charge in [-0.3, -0.25) is 4.79 Å². The van der Waals surface area contributed by atoms with Crippen molar-refractivity contribution in [2.24, 2.45) is 0 Å². The van der Waals surface area contributed by atoms with E-state index in [0.29, 0.717) is 10.9 Å². The third kappa shape index (κ3) is 2.96. The van der Waals surface area contributed by atoms with Crippen molar-refractivity contribution in [3.63, 3.8) is 0 Å². The number of aromatic nitrogens is 2. The Kier molecular flexibility index (Phi) is 3.83. The van der Waals surface area contributed by atoms with Crippen LogP contribution in [0.1, 0.15) is 33.5 Å². The Bertz CT molecular complexity index is 659. The minimum Gasteiger partial charge on any atom is -0.462 e. The van der Waals surface area contributed by atoms with Gasteiger partial charge in [0.05, 0.1) is 12.9 Å². The van der Waals surface area contributed by atoms with Crippen LogP contribution in [0.15, 0.2) is 29.0 Å². The quantitative estimate of drug-likeness (QED) is 0.814. The number of carbonyl (C=O) groups excluding carboxylic acids is 2. The van der Waals surface area contributed by atoms with Crippen LogP contribution in [0.4, 0.5) is 13.2 Å². The average molecular weight is 302 g/mol. The Morgan fingerprint density at radius 1 is 1.43 bits per heavy atom. The van der Waals surface area contributed by atoms with Gasteiger partial charge in [0, 0.05) is 6.20 Å². The van der Waals surface area contributed by atoms with Crippen molar-refractivity contribution in [2.45, 2.75) is 13.1 Å². The maximum absolute atomic E-state index is 12.8. The zero-order valence-electron chi connectivity index (χ0n) is 10.7. The van der Waals surface area contributed by atoms with Gasteiger partial charge < -0.3 is 9.15 Å². The van der Waals surface area contributed by atoms with Crippen LogP contribution < -0.4 is 0 Å². The number of rotatable bonds is 3. The van der Waals surface area contributed by atoms with Gasteiger partial charge in [-0.25, -0.2) is 4.79 Å². The fourth-order valence-electron chi connectivity index (χ4n) is 1.56. The molecule has 0 aromatic carbocycles. The van der Waals surface area contributed by atoms with Crippen molar-refractivity contribution in [1.82, 2.24) is 9.78 Å². The summed E-state index contributed by atoms with van der Waals surface area (Å²) in [4.78, 5) is 23.4. The SMILES string of the molecule is CCOC(=O)c1cn(C(=O)c2ccco2)nc1C(F)(F)F. The number of alkyl halides is 3. The molecule has 2 aromatic rings. The molecule has 0 fully saturated rings. The molecule has 21 heavy (non-hydrogen) atoms. The lowest BCUT2D eigenvalue weighted by Crippen LogP contribution is -2.15. The number of halogens is 3. The van der Waals surface area contributed by atoms with Crippen molar-refractivity contribution in [1.29, 1.82) is 0 Å². The van der Waals surface area contributed by atoms with E-state index in [9.17, 15) is 22.8 Å². The van der Waals surface area contributed by atoms with Crippen molar-refractivity contribution < 1.29 is 31.9 Å². The summed E-state index contributed by atoms with van der Waals surface area (Å²) in [5, 5.41) is 3.12.